The summed E-state index contributed by atoms with van der Waals surface area (Å²) in [5.74, 6) is 1.54. The fourth-order valence-corrected chi connectivity index (χ4v) is 1.66. The summed E-state index contributed by atoms with van der Waals surface area (Å²) in [4.78, 5) is 0. The van der Waals surface area contributed by atoms with E-state index in [1.807, 2.05) is 0 Å². The Labute approximate surface area is 49.0 Å². The van der Waals surface area contributed by atoms with Gasteiger partial charge >= 0.3 is 0 Å². The Kier molecular flexibility index (Phi) is 0.866. The molecule has 1 aliphatic heterocycles. The fourth-order valence-electron chi connectivity index (χ4n) is 1.66. The Bertz CT molecular complexity index is 105. The Morgan fingerprint density at radius 3 is 2.75 bits per heavy atom. The summed E-state index contributed by atoms with van der Waals surface area (Å²) in [7, 11) is 0. The average molecular weight is 113 g/mol. The van der Waals surface area contributed by atoms with Crippen molar-refractivity contribution in [3.63, 3.8) is 0 Å². The van der Waals surface area contributed by atoms with Gasteiger partial charge in [-0.25, -0.2) is 0 Å². The molecule has 1 saturated heterocycles. The molecule has 0 aromatic rings. The van der Waals surface area contributed by atoms with Crippen LogP contribution in [-0.4, -0.2) is 19.3 Å². The third kappa shape index (κ3) is 0.446. The molecule has 2 rings (SSSR count). The molecule has 0 radical (unpaired) electrons. The SMILES string of the molecule is N[C@@H]1C[C@@H]2COC[C@H]21. The smallest absolute Gasteiger partial charge is 0.0512 e. The van der Waals surface area contributed by atoms with E-state index in [1.54, 1.807) is 0 Å². The van der Waals surface area contributed by atoms with E-state index in [2.05, 4.69) is 0 Å². The predicted octanol–water partition coefficient (Wildman–Crippen LogP) is -0.0200. The maximum absolute atomic E-state index is 5.68. The second-order valence-corrected chi connectivity index (χ2v) is 2.86. The first-order chi connectivity index (χ1) is 3.88. The summed E-state index contributed by atoms with van der Waals surface area (Å²) in [5.41, 5.74) is 5.68. The molecular weight excluding hydrogens is 102 g/mol. The molecule has 8 heavy (non-hydrogen) atoms. The molecule has 0 spiro atoms. The Morgan fingerprint density at radius 2 is 2.25 bits per heavy atom. The zero-order valence-corrected chi connectivity index (χ0v) is 4.84. The van der Waals surface area contributed by atoms with Crippen LogP contribution in [0.25, 0.3) is 0 Å². The molecule has 2 nitrogen and oxygen atoms in total. The number of fused-ring (bicyclic) bond motifs is 1. The lowest BCUT2D eigenvalue weighted by Gasteiger charge is -2.35. The highest BCUT2D eigenvalue weighted by atomic mass is 16.5. The molecule has 1 aliphatic carbocycles. The van der Waals surface area contributed by atoms with Gasteiger partial charge in [0, 0.05) is 18.6 Å². The maximum Gasteiger partial charge on any atom is 0.0512 e. The van der Waals surface area contributed by atoms with E-state index in [4.69, 9.17) is 10.5 Å². The molecule has 0 aromatic heterocycles. The largest absolute Gasteiger partial charge is 0.381 e. The quantitative estimate of drug-likeness (QED) is 0.479. The van der Waals surface area contributed by atoms with Gasteiger partial charge in [-0.15, -0.1) is 0 Å². The number of hydrogen-bond donors (Lipinski definition) is 1. The Balaban J connectivity index is 2.02. The summed E-state index contributed by atoms with van der Waals surface area (Å²) < 4.78 is 5.22. The second-order valence-electron chi connectivity index (χ2n) is 2.86. The third-order valence-electron chi connectivity index (χ3n) is 2.37. The molecule has 3 atom stereocenters. The summed E-state index contributed by atoms with van der Waals surface area (Å²) in [5, 5.41) is 0. The average Bonchev–Trinajstić information content (AvgIpc) is 2.09. The van der Waals surface area contributed by atoms with Crippen LogP contribution in [0.4, 0.5) is 0 Å². The van der Waals surface area contributed by atoms with E-state index >= 15 is 0 Å². The van der Waals surface area contributed by atoms with E-state index < -0.39 is 0 Å². The highest BCUT2D eigenvalue weighted by Gasteiger charge is 2.42. The van der Waals surface area contributed by atoms with Crippen molar-refractivity contribution < 1.29 is 4.74 Å². The maximum atomic E-state index is 5.68. The molecule has 0 bridgehead atoms. The van der Waals surface area contributed by atoms with E-state index in [0.717, 1.165) is 25.0 Å². The molecule has 0 unspecified atom stereocenters. The Morgan fingerprint density at radius 1 is 1.38 bits per heavy atom. The molecule has 2 N–H and O–H groups in total. The summed E-state index contributed by atoms with van der Waals surface area (Å²) in [6.45, 7) is 1.89. The zero-order valence-electron chi connectivity index (χ0n) is 4.84. The standard InChI is InChI=1S/C6H11NO/c7-6-1-4-2-8-3-5(4)6/h4-6H,1-3,7H2/t4-,5-,6-/m1/s1. The zero-order chi connectivity index (χ0) is 5.56. The highest BCUT2D eigenvalue weighted by molar-refractivity contribution is 4.94. The monoisotopic (exact) mass is 113 g/mol. The molecule has 0 amide bonds. The van der Waals surface area contributed by atoms with Crippen molar-refractivity contribution in [2.24, 2.45) is 17.6 Å². The lowest BCUT2D eigenvalue weighted by molar-refractivity contribution is 0.185. The van der Waals surface area contributed by atoms with Crippen LogP contribution in [-0.2, 0) is 4.74 Å². The van der Waals surface area contributed by atoms with Crippen molar-refractivity contribution in [1.82, 2.24) is 0 Å². The predicted molar refractivity (Wildman–Crippen MR) is 30.4 cm³/mol. The number of ether oxygens (including phenoxy) is 1. The van der Waals surface area contributed by atoms with Gasteiger partial charge in [0.05, 0.1) is 6.61 Å². The number of nitrogens with two attached hydrogens (primary N) is 1. The highest BCUT2D eigenvalue weighted by Crippen LogP contribution is 2.37. The molecule has 1 heterocycles. The molecule has 1 saturated carbocycles. The van der Waals surface area contributed by atoms with Crippen molar-refractivity contribution in [1.29, 1.82) is 0 Å². The van der Waals surface area contributed by atoms with Crippen LogP contribution in [0.1, 0.15) is 6.42 Å². The van der Waals surface area contributed by atoms with Crippen molar-refractivity contribution in [3.8, 4) is 0 Å². The van der Waals surface area contributed by atoms with E-state index in [0.29, 0.717) is 6.04 Å². The van der Waals surface area contributed by atoms with Crippen LogP contribution < -0.4 is 5.73 Å². The minimum atomic E-state index is 0.461. The van der Waals surface area contributed by atoms with E-state index in [9.17, 15) is 0 Å². The van der Waals surface area contributed by atoms with Crippen molar-refractivity contribution in [2.45, 2.75) is 12.5 Å². The summed E-state index contributed by atoms with van der Waals surface area (Å²) in [6.07, 6.45) is 1.20. The summed E-state index contributed by atoms with van der Waals surface area (Å²) >= 11 is 0. The molecule has 2 fully saturated rings. The second kappa shape index (κ2) is 1.45. The number of rotatable bonds is 0. The lowest BCUT2D eigenvalue weighted by atomic mass is 9.72. The molecule has 0 aromatic carbocycles. The van der Waals surface area contributed by atoms with Crippen LogP contribution in [0.15, 0.2) is 0 Å². The van der Waals surface area contributed by atoms with Crippen LogP contribution >= 0.6 is 0 Å². The van der Waals surface area contributed by atoms with Crippen LogP contribution in [0.3, 0.4) is 0 Å². The van der Waals surface area contributed by atoms with Gasteiger partial charge < -0.3 is 10.5 Å². The van der Waals surface area contributed by atoms with Gasteiger partial charge in [0.15, 0.2) is 0 Å². The van der Waals surface area contributed by atoms with Gasteiger partial charge in [-0.3, -0.25) is 0 Å². The van der Waals surface area contributed by atoms with Crippen LogP contribution in [0.2, 0.25) is 0 Å². The first-order valence-electron chi connectivity index (χ1n) is 3.21. The normalized spacial score (nSPS) is 52.9. The third-order valence-corrected chi connectivity index (χ3v) is 2.37. The van der Waals surface area contributed by atoms with Crippen molar-refractivity contribution in [3.05, 3.63) is 0 Å². The first-order valence-corrected chi connectivity index (χ1v) is 3.21. The van der Waals surface area contributed by atoms with Gasteiger partial charge in [0.25, 0.3) is 0 Å². The van der Waals surface area contributed by atoms with Gasteiger partial charge in [-0.2, -0.15) is 0 Å². The Hall–Kier alpha value is -0.0800. The molecule has 46 valence electrons. The topological polar surface area (TPSA) is 35.2 Å². The van der Waals surface area contributed by atoms with Gasteiger partial charge in [-0.05, 0) is 12.3 Å². The lowest BCUT2D eigenvalue weighted by Crippen LogP contribution is -2.46. The van der Waals surface area contributed by atoms with Gasteiger partial charge in [0.2, 0.25) is 0 Å². The minimum absolute atomic E-state index is 0.461. The fraction of sp³-hybridized carbons (Fsp3) is 1.00. The van der Waals surface area contributed by atoms with Crippen molar-refractivity contribution in [2.75, 3.05) is 13.2 Å². The molecular formula is C6H11NO. The van der Waals surface area contributed by atoms with E-state index in [1.165, 1.54) is 6.42 Å². The van der Waals surface area contributed by atoms with Crippen molar-refractivity contribution >= 4 is 0 Å². The minimum Gasteiger partial charge on any atom is -0.381 e. The number of hydrogen-bond acceptors (Lipinski definition) is 2. The summed E-state index contributed by atoms with van der Waals surface area (Å²) in [6, 6.07) is 0.461. The van der Waals surface area contributed by atoms with Gasteiger partial charge in [0.1, 0.15) is 0 Å². The first kappa shape index (κ1) is 4.77. The van der Waals surface area contributed by atoms with Crippen LogP contribution in [0, 0.1) is 11.8 Å². The van der Waals surface area contributed by atoms with E-state index in [-0.39, 0.29) is 0 Å². The molecule has 2 aliphatic rings. The van der Waals surface area contributed by atoms with Gasteiger partial charge in [-0.1, -0.05) is 0 Å². The van der Waals surface area contributed by atoms with Crippen LogP contribution in [0.5, 0.6) is 0 Å². The molecule has 2 heteroatoms.